The molecule has 2 heterocycles. The zero-order valence-electron chi connectivity index (χ0n) is 16.4. The number of benzene rings is 2. The van der Waals surface area contributed by atoms with E-state index < -0.39 is 0 Å². The zero-order valence-corrected chi connectivity index (χ0v) is 17.9. The molecule has 4 rings (SSSR count). The number of ether oxygens (including phenoxy) is 1. The molecule has 1 N–H and O–H groups in total. The third-order valence-corrected chi connectivity index (χ3v) is 5.51. The molecular formula is C22H17ClFN5OS. The van der Waals surface area contributed by atoms with Crippen molar-refractivity contribution in [2.45, 2.75) is 4.90 Å². The van der Waals surface area contributed by atoms with E-state index in [2.05, 4.69) is 19.7 Å². The van der Waals surface area contributed by atoms with Gasteiger partial charge in [0.25, 0.3) is 5.95 Å². The van der Waals surface area contributed by atoms with Crippen LogP contribution in [0.1, 0.15) is 0 Å². The number of nitrogens with zero attached hydrogens (tertiary/aromatic N) is 4. The lowest BCUT2D eigenvalue weighted by Gasteiger charge is -2.12. The van der Waals surface area contributed by atoms with Gasteiger partial charge in [-0.3, -0.25) is 0 Å². The van der Waals surface area contributed by atoms with Gasteiger partial charge < -0.3 is 9.46 Å². The molecule has 2 aromatic carbocycles. The first-order chi connectivity index (χ1) is 15.1. The van der Waals surface area contributed by atoms with Crippen molar-refractivity contribution in [3.63, 3.8) is 0 Å². The second-order valence-electron chi connectivity index (χ2n) is 6.34. The van der Waals surface area contributed by atoms with Crippen molar-refractivity contribution in [2.24, 2.45) is 0 Å². The number of halogens is 2. The van der Waals surface area contributed by atoms with Gasteiger partial charge in [0.2, 0.25) is 5.88 Å². The molecule has 31 heavy (non-hydrogen) atoms. The maximum absolute atomic E-state index is 13.5. The average molecular weight is 454 g/mol. The summed E-state index contributed by atoms with van der Waals surface area (Å²) >= 11 is 7.61. The van der Waals surface area contributed by atoms with Gasteiger partial charge in [-0.05, 0) is 66.5 Å². The Morgan fingerprint density at radius 3 is 2.55 bits per heavy atom. The zero-order chi connectivity index (χ0) is 21.6. The molecule has 0 aliphatic rings. The smallest absolute Gasteiger partial charge is 0.254 e. The Balaban J connectivity index is 1.49. The van der Waals surface area contributed by atoms with E-state index >= 15 is 0 Å². The fourth-order valence-corrected chi connectivity index (χ4v) is 3.59. The molecule has 0 aliphatic carbocycles. The molecule has 0 fully saturated rings. The SMILES string of the molecule is CN(F)c1nccc(-c2cccnc2Oc2ccc(NSc3ccccc3Cl)cc2)n1. The van der Waals surface area contributed by atoms with E-state index in [1.54, 1.807) is 18.3 Å². The normalized spacial score (nSPS) is 10.5. The molecule has 0 bridgehead atoms. The van der Waals surface area contributed by atoms with E-state index in [1.807, 2.05) is 54.6 Å². The van der Waals surface area contributed by atoms with Crippen LogP contribution in [0.15, 0.2) is 84.0 Å². The minimum absolute atomic E-state index is 0.0428. The van der Waals surface area contributed by atoms with Crippen molar-refractivity contribution in [3.05, 3.63) is 84.1 Å². The fourth-order valence-electron chi connectivity index (χ4n) is 2.66. The number of hydrogen-bond acceptors (Lipinski definition) is 7. The molecule has 0 spiro atoms. The van der Waals surface area contributed by atoms with Crippen LogP contribution in [-0.2, 0) is 0 Å². The van der Waals surface area contributed by atoms with Crippen LogP contribution in [0.4, 0.5) is 16.1 Å². The predicted molar refractivity (Wildman–Crippen MR) is 122 cm³/mol. The van der Waals surface area contributed by atoms with E-state index in [-0.39, 0.29) is 5.95 Å². The van der Waals surface area contributed by atoms with Crippen molar-refractivity contribution in [2.75, 3.05) is 16.9 Å². The first kappa shape index (κ1) is 20.9. The van der Waals surface area contributed by atoms with Crippen molar-refractivity contribution >= 4 is 35.2 Å². The highest BCUT2D eigenvalue weighted by atomic mass is 35.5. The molecule has 0 radical (unpaired) electrons. The summed E-state index contributed by atoms with van der Waals surface area (Å²) in [5, 5.41) is 1.04. The van der Waals surface area contributed by atoms with E-state index in [0.29, 0.717) is 33.0 Å². The van der Waals surface area contributed by atoms with Crippen LogP contribution < -0.4 is 14.6 Å². The Labute approximate surface area is 188 Å². The van der Waals surface area contributed by atoms with E-state index in [4.69, 9.17) is 16.3 Å². The van der Waals surface area contributed by atoms with Crippen LogP contribution >= 0.6 is 23.5 Å². The monoisotopic (exact) mass is 453 g/mol. The number of nitrogens with one attached hydrogen (secondary N) is 1. The van der Waals surface area contributed by atoms with E-state index in [1.165, 1.54) is 25.2 Å². The molecule has 9 heteroatoms. The van der Waals surface area contributed by atoms with Crippen LogP contribution in [0.5, 0.6) is 11.6 Å². The maximum Gasteiger partial charge on any atom is 0.254 e. The van der Waals surface area contributed by atoms with Gasteiger partial charge in [-0.15, -0.1) is 0 Å². The molecule has 6 nitrogen and oxygen atoms in total. The average Bonchev–Trinajstić information content (AvgIpc) is 2.80. The summed E-state index contributed by atoms with van der Waals surface area (Å²) in [5.41, 5.74) is 2.03. The summed E-state index contributed by atoms with van der Waals surface area (Å²) in [7, 11) is 1.24. The molecule has 0 aliphatic heterocycles. The number of pyridine rings is 1. The topological polar surface area (TPSA) is 63.2 Å². The van der Waals surface area contributed by atoms with Gasteiger partial charge in [-0.25, -0.2) is 15.0 Å². The van der Waals surface area contributed by atoms with Gasteiger partial charge in [-0.2, -0.15) is 5.12 Å². The minimum atomic E-state index is -0.0428. The lowest BCUT2D eigenvalue weighted by molar-refractivity contribution is 0.461. The molecule has 156 valence electrons. The van der Waals surface area contributed by atoms with Crippen LogP contribution in [0.3, 0.4) is 0 Å². The number of aromatic nitrogens is 3. The van der Waals surface area contributed by atoms with Gasteiger partial charge in [0.15, 0.2) is 0 Å². The van der Waals surface area contributed by atoms with Gasteiger partial charge in [0.05, 0.1) is 16.3 Å². The third-order valence-electron chi connectivity index (χ3n) is 4.15. The Hall–Kier alpha value is -3.36. The fraction of sp³-hybridized carbons (Fsp3) is 0.0455. The van der Waals surface area contributed by atoms with Gasteiger partial charge in [0, 0.05) is 30.0 Å². The maximum atomic E-state index is 13.5. The second kappa shape index (κ2) is 9.63. The van der Waals surface area contributed by atoms with Crippen LogP contribution in [0, 0.1) is 0 Å². The Bertz CT molecular complexity index is 1180. The first-order valence-corrected chi connectivity index (χ1v) is 10.4. The standard InChI is InChI=1S/C22H17ClFN5OS/c1-29(24)22-26-14-12-19(27-22)17-5-4-13-25-21(17)30-16-10-8-15(9-11-16)28-31-20-7-3-2-6-18(20)23/h2-14,28H,1H3. The number of anilines is 2. The van der Waals surface area contributed by atoms with Gasteiger partial charge in [-0.1, -0.05) is 28.2 Å². The lowest BCUT2D eigenvalue weighted by atomic mass is 10.2. The largest absolute Gasteiger partial charge is 0.438 e. The molecule has 0 atom stereocenters. The Morgan fingerprint density at radius 2 is 1.77 bits per heavy atom. The summed E-state index contributed by atoms with van der Waals surface area (Å²) < 4.78 is 22.7. The molecule has 0 unspecified atom stereocenters. The van der Waals surface area contributed by atoms with Gasteiger partial charge >= 0.3 is 0 Å². The first-order valence-electron chi connectivity index (χ1n) is 9.23. The Morgan fingerprint density at radius 1 is 0.968 bits per heavy atom. The van der Waals surface area contributed by atoms with Crippen molar-refractivity contribution < 1.29 is 9.22 Å². The molecule has 2 aromatic heterocycles. The van der Waals surface area contributed by atoms with E-state index in [0.717, 1.165) is 10.6 Å². The third kappa shape index (κ3) is 5.22. The predicted octanol–water partition coefficient (Wildman–Crippen LogP) is 6.42. The molecule has 4 aromatic rings. The molecular weight excluding hydrogens is 437 g/mol. The molecule has 0 saturated carbocycles. The van der Waals surface area contributed by atoms with Crippen LogP contribution in [-0.4, -0.2) is 22.0 Å². The highest BCUT2D eigenvalue weighted by Gasteiger charge is 2.12. The summed E-state index contributed by atoms with van der Waals surface area (Å²) in [5.74, 6) is 0.920. The highest BCUT2D eigenvalue weighted by Crippen LogP contribution is 2.32. The van der Waals surface area contributed by atoms with Crippen molar-refractivity contribution in [1.29, 1.82) is 0 Å². The summed E-state index contributed by atoms with van der Waals surface area (Å²) in [6.45, 7) is 0. The number of hydrogen-bond donors (Lipinski definition) is 1. The highest BCUT2D eigenvalue weighted by molar-refractivity contribution is 8.00. The number of rotatable bonds is 7. The summed E-state index contributed by atoms with van der Waals surface area (Å²) in [6, 6.07) is 20.3. The Kier molecular flexibility index (Phi) is 6.49. The molecule has 0 amide bonds. The van der Waals surface area contributed by atoms with Crippen molar-refractivity contribution in [1.82, 2.24) is 15.0 Å². The lowest BCUT2D eigenvalue weighted by Crippen LogP contribution is -2.07. The second-order valence-corrected chi connectivity index (χ2v) is 7.59. The minimum Gasteiger partial charge on any atom is -0.438 e. The summed E-state index contributed by atoms with van der Waals surface area (Å²) in [4.78, 5) is 13.4. The van der Waals surface area contributed by atoms with E-state index in [9.17, 15) is 4.48 Å². The van der Waals surface area contributed by atoms with Gasteiger partial charge in [0.1, 0.15) is 5.75 Å². The van der Waals surface area contributed by atoms with Crippen LogP contribution in [0.25, 0.3) is 11.3 Å². The van der Waals surface area contributed by atoms with Crippen LogP contribution in [0.2, 0.25) is 5.02 Å². The molecule has 0 saturated heterocycles. The van der Waals surface area contributed by atoms with Crippen molar-refractivity contribution in [3.8, 4) is 22.9 Å². The quantitative estimate of drug-likeness (QED) is 0.255. The summed E-state index contributed by atoms with van der Waals surface area (Å²) in [6.07, 6.45) is 3.11.